The Morgan fingerprint density at radius 3 is 1.93 bits per heavy atom. The lowest BCUT2D eigenvalue weighted by Crippen LogP contribution is -2.58. The summed E-state index contributed by atoms with van der Waals surface area (Å²) in [5.41, 5.74) is 10.6. The minimum absolute atomic E-state index is 0.139. The number of primary amides is 1. The van der Waals surface area contributed by atoms with Crippen LogP contribution in [0, 0.1) is 5.92 Å². The second-order valence-corrected chi connectivity index (χ2v) is 7.17. The molecule has 0 aliphatic heterocycles. The molecular weight excluding hydrogens is 402 g/mol. The van der Waals surface area contributed by atoms with Crippen LogP contribution in [0.15, 0.2) is 0 Å². The van der Waals surface area contributed by atoms with Gasteiger partial charge in [-0.2, -0.15) is 12.6 Å². The first-order valence-corrected chi connectivity index (χ1v) is 9.86. The maximum absolute atomic E-state index is 12.8. The molecule has 0 radical (unpaired) electrons. The van der Waals surface area contributed by atoms with Gasteiger partial charge in [0.25, 0.3) is 0 Å². The van der Waals surface area contributed by atoms with E-state index in [1.165, 1.54) is 6.92 Å². The molecule has 0 bridgehead atoms. The van der Waals surface area contributed by atoms with Gasteiger partial charge in [-0.05, 0) is 19.3 Å². The smallest absolute Gasteiger partial charge is 0.327 e. The number of amides is 4. The van der Waals surface area contributed by atoms with E-state index in [9.17, 15) is 24.0 Å². The third-order valence-corrected chi connectivity index (χ3v) is 4.68. The topological polar surface area (TPSA) is 194 Å². The van der Waals surface area contributed by atoms with Crippen LogP contribution >= 0.6 is 12.6 Å². The number of rotatable bonds is 13. The normalized spacial score (nSPS) is 15.9. The molecule has 4 amide bonds. The zero-order chi connectivity index (χ0) is 22.7. The summed E-state index contributed by atoms with van der Waals surface area (Å²) >= 11 is 3.87. The molecule has 0 aliphatic carbocycles. The van der Waals surface area contributed by atoms with Crippen LogP contribution in [0.5, 0.6) is 0 Å². The number of hydrogen-bond acceptors (Lipinski definition) is 7. The standard InChI is InChI=1S/C17H31N5O6S/c1-4-8(2)13(22-14(24)9(3)18)16(26)20-10(5-6-12(19)23)15(25)21-11(7-29)17(27)28/h8-11,13,29H,4-7,18H2,1-3H3,(H2,19,23)(H,20,26)(H,21,25)(H,22,24)(H,27,28). The lowest BCUT2D eigenvalue weighted by molar-refractivity contribution is -0.141. The zero-order valence-electron chi connectivity index (χ0n) is 16.8. The molecule has 11 nitrogen and oxygen atoms in total. The Balaban J connectivity index is 5.45. The Bertz CT molecular complexity index is 615. The molecule has 0 rings (SSSR count). The molecule has 0 aromatic heterocycles. The Morgan fingerprint density at radius 2 is 1.52 bits per heavy atom. The number of carbonyl (C=O) groups is 5. The van der Waals surface area contributed by atoms with E-state index in [0.29, 0.717) is 6.42 Å². The number of carboxylic acids is 1. The van der Waals surface area contributed by atoms with Crippen LogP contribution in [0.1, 0.15) is 40.0 Å². The monoisotopic (exact) mass is 433 g/mol. The summed E-state index contributed by atoms with van der Waals surface area (Å²) in [7, 11) is 0. The number of thiol groups is 1. The van der Waals surface area contributed by atoms with Crippen LogP contribution in [-0.2, 0) is 24.0 Å². The number of carboxylic acid groups (broad SMARTS) is 1. The fourth-order valence-electron chi connectivity index (χ4n) is 2.26. The first kappa shape index (κ1) is 26.7. The molecule has 29 heavy (non-hydrogen) atoms. The molecule has 0 saturated carbocycles. The number of aliphatic carboxylic acids is 1. The number of nitrogens with one attached hydrogen (secondary N) is 3. The molecule has 0 saturated heterocycles. The van der Waals surface area contributed by atoms with Crippen molar-refractivity contribution in [3.05, 3.63) is 0 Å². The van der Waals surface area contributed by atoms with Crippen molar-refractivity contribution < 1.29 is 29.1 Å². The molecule has 0 spiro atoms. The predicted octanol–water partition coefficient (Wildman–Crippen LogP) is -1.89. The fourth-order valence-corrected chi connectivity index (χ4v) is 2.51. The average molecular weight is 434 g/mol. The second-order valence-electron chi connectivity index (χ2n) is 6.81. The third kappa shape index (κ3) is 9.61. The molecule has 5 unspecified atom stereocenters. The highest BCUT2D eigenvalue weighted by Gasteiger charge is 2.31. The van der Waals surface area contributed by atoms with Crippen molar-refractivity contribution in [3.63, 3.8) is 0 Å². The summed E-state index contributed by atoms with van der Waals surface area (Å²) in [5, 5.41) is 16.3. The lowest BCUT2D eigenvalue weighted by Gasteiger charge is -2.27. The van der Waals surface area contributed by atoms with Gasteiger partial charge in [-0.15, -0.1) is 0 Å². The van der Waals surface area contributed by atoms with Crippen LogP contribution in [-0.4, -0.2) is 64.6 Å². The summed E-state index contributed by atoms with van der Waals surface area (Å²) in [5.74, 6) is -4.43. The number of carbonyl (C=O) groups excluding carboxylic acids is 4. The summed E-state index contributed by atoms with van der Waals surface area (Å²) in [4.78, 5) is 59.4. The van der Waals surface area contributed by atoms with Crippen molar-refractivity contribution in [1.29, 1.82) is 0 Å². The van der Waals surface area contributed by atoms with Gasteiger partial charge in [0, 0.05) is 12.2 Å². The highest BCUT2D eigenvalue weighted by molar-refractivity contribution is 7.80. The molecule has 0 heterocycles. The van der Waals surface area contributed by atoms with E-state index in [-0.39, 0.29) is 24.5 Å². The lowest BCUT2D eigenvalue weighted by atomic mass is 9.97. The Hall–Kier alpha value is -2.34. The van der Waals surface area contributed by atoms with E-state index in [0.717, 1.165) is 0 Å². The van der Waals surface area contributed by atoms with Gasteiger partial charge in [-0.1, -0.05) is 20.3 Å². The van der Waals surface area contributed by atoms with Gasteiger partial charge < -0.3 is 32.5 Å². The minimum atomic E-state index is -1.30. The molecule has 5 atom stereocenters. The summed E-state index contributed by atoms with van der Waals surface area (Å²) in [6, 6.07) is -4.31. The van der Waals surface area contributed by atoms with Gasteiger partial charge in [0.05, 0.1) is 6.04 Å². The highest BCUT2D eigenvalue weighted by Crippen LogP contribution is 2.10. The summed E-state index contributed by atoms with van der Waals surface area (Å²) < 4.78 is 0. The summed E-state index contributed by atoms with van der Waals surface area (Å²) in [6.45, 7) is 5.03. The van der Waals surface area contributed by atoms with Crippen LogP contribution in [0.2, 0.25) is 0 Å². The van der Waals surface area contributed by atoms with Gasteiger partial charge >= 0.3 is 5.97 Å². The van der Waals surface area contributed by atoms with Crippen LogP contribution in [0.25, 0.3) is 0 Å². The molecule has 0 fully saturated rings. The Morgan fingerprint density at radius 1 is 0.966 bits per heavy atom. The van der Waals surface area contributed by atoms with Crippen LogP contribution < -0.4 is 27.4 Å². The van der Waals surface area contributed by atoms with Crippen LogP contribution in [0.4, 0.5) is 0 Å². The van der Waals surface area contributed by atoms with Gasteiger partial charge in [0.2, 0.25) is 23.6 Å². The third-order valence-electron chi connectivity index (χ3n) is 4.32. The SMILES string of the molecule is CCC(C)C(NC(=O)C(C)N)C(=O)NC(CCC(N)=O)C(=O)NC(CS)C(=O)O. The fraction of sp³-hybridized carbons (Fsp3) is 0.706. The zero-order valence-corrected chi connectivity index (χ0v) is 17.7. The van der Waals surface area contributed by atoms with Crippen molar-refractivity contribution in [3.8, 4) is 0 Å². The van der Waals surface area contributed by atoms with E-state index < -0.39 is 53.8 Å². The van der Waals surface area contributed by atoms with Gasteiger partial charge in [-0.25, -0.2) is 4.79 Å². The van der Waals surface area contributed by atoms with E-state index in [4.69, 9.17) is 16.6 Å². The molecule has 0 aromatic carbocycles. The van der Waals surface area contributed by atoms with Crippen molar-refractivity contribution >= 4 is 42.2 Å². The molecule has 166 valence electrons. The summed E-state index contributed by atoms with van der Waals surface area (Å²) in [6.07, 6.45) is 0.202. The van der Waals surface area contributed by atoms with Gasteiger partial charge in [0.1, 0.15) is 18.1 Å². The van der Waals surface area contributed by atoms with E-state index in [1.807, 2.05) is 6.92 Å². The van der Waals surface area contributed by atoms with Gasteiger partial charge in [-0.3, -0.25) is 19.2 Å². The van der Waals surface area contributed by atoms with Crippen molar-refractivity contribution in [1.82, 2.24) is 16.0 Å². The van der Waals surface area contributed by atoms with Crippen molar-refractivity contribution in [2.75, 3.05) is 5.75 Å². The quantitative estimate of drug-likeness (QED) is 0.165. The largest absolute Gasteiger partial charge is 0.480 e. The Kier molecular flexibility index (Phi) is 11.9. The maximum atomic E-state index is 12.8. The second kappa shape index (κ2) is 13.0. The average Bonchev–Trinajstić information content (AvgIpc) is 2.65. The molecule has 0 aliphatic rings. The highest BCUT2D eigenvalue weighted by atomic mass is 32.1. The maximum Gasteiger partial charge on any atom is 0.327 e. The molecule has 12 heteroatoms. The predicted molar refractivity (Wildman–Crippen MR) is 109 cm³/mol. The van der Waals surface area contributed by atoms with Crippen molar-refractivity contribution in [2.24, 2.45) is 17.4 Å². The van der Waals surface area contributed by atoms with E-state index in [2.05, 4.69) is 28.6 Å². The van der Waals surface area contributed by atoms with Gasteiger partial charge in [0.15, 0.2) is 0 Å². The van der Waals surface area contributed by atoms with Crippen LogP contribution in [0.3, 0.4) is 0 Å². The van der Waals surface area contributed by atoms with Crippen molar-refractivity contribution in [2.45, 2.75) is 64.2 Å². The molecular formula is C17H31N5O6S. The van der Waals surface area contributed by atoms with E-state index in [1.54, 1.807) is 6.92 Å². The molecule has 8 N–H and O–H groups in total. The first-order chi connectivity index (χ1) is 13.4. The minimum Gasteiger partial charge on any atom is -0.480 e. The number of hydrogen-bond donors (Lipinski definition) is 7. The Labute approximate surface area is 175 Å². The molecule has 0 aromatic rings. The number of nitrogens with two attached hydrogens (primary N) is 2. The van der Waals surface area contributed by atoms with E-state index >= 15 is 0 Å². The first-order valence-electron chi connectivity index (χ1n) is 9.23.